The topological polar surface area (TPSA) is 79.2 Å². The van der Waals surface area contributed by atoms with Crippen LogP contribution in [0, 0.1) is 6.92 Å². The molecule has 1 aromatic rings. The van der Waals surface area contributed by atoms with Crippen LogP contribution >= 0.6 is 0 Å². The minimum atomic E-state index is -0.126. The number of nitrogens with one attached hydrogen (secondary N) is 2. The van der Waals surface area contributed by atoms with Crippen molar-refractivity contribution in [2.45, 2.75) is 19.4 Å². The summed E-state index contributed by atoms with van der Waals surface area (Å²) in [5.41, 5.74) is 0. The third kappa shape index (κ3) is 6.49. The minimum Gasteiger partial charge on any atom is -0.465 e. The molecule has 0 radical (unpaired) electrons. The average molecular weight is 380 g/mol. The van der Waals surface area contributed by atoms with Crippen molar-refractivity contribution >= 4 is 6.03 Å². The van der Waals surface area contributed by atoms with Gasteiger partial charge in [0.1, 0.15) is 11.5 Å². The second-order valence-corrected chi connectivity index (χ2v) is 7.06. The Hall–Kier alpha value is -1.61. The fraction of sp³-hybridized carbons (Fsp3) is 0.737. The lowest BCUT2D eigenvalue weighted by Gasteiger charge is -2.33. The monoisotopic (exact) mass is 380 g/mol. The zero-order valence-corrected chi connectivity index (χ0v) is 16.2. The van der Waals surface area contributed by atoms with E-state index in [1.165, 1.54) is 0 Å². The molecule has 2 aliphatic heterocycles. The van der Waals surface area contributed by atoms with Crippen molar-refractivity contribution in [2.24, 2.45) is 0 Å². The summed E-state index contributed by atoms with van der Waals surface area (Å²) in [6.45, 7) is 10.8. The van der Waals surface area contributed by atoms with Crippen molar-refractivity contribution in [2.75, 3.05) is 72.2 Å². The van der Waals surface area contributed by atoms with Crippen LogP contribution in [0.2, 0.25) is 0 Å². The number of hydrogen-bond donors (Lipinski definition) is 2. The van der Waals surface area contributed by atoms with E-state index in [0.717, 1.165) is 63.9 Å². The van der Waals surface area contributed by atoms with E-state index in [4.69, 9.17) is 13.9 Å². The van der Waals surface area contributed by atoms with Gasteiger partial charge in [0.05, 0.1) is 32.5 Å². The van der Waals surface area contributed by atoms with Crippen LogP contribution < -0.4 is 10.6 Å². The van der Waals surface area contributed by atoms with E-state index in [0.29, 0.717) is 26.3 Å². The van der Waals surface area contributed by atoms with Gasteiger partial charge in [0, 0.05) is 39.3 Å². The number of hydrogen-bond acceptors (Lipinski definition) is 6. The Balaban J connectivity index is 1.40. The van der Waals surface area contributed by atoms with Gasteiger partial charge in [-0.1, -0.05) is 0 Å². The normalized spacial score (nSPS) is 20.3. The van der Waals surface area contributed by atoms with Crippen molar-refractivity contribution < 1.29 is 18.7 Å². The number of morpholine rings is 2. The second-order valence-electron chi connectivity index (χ2n) is 7.06. The maximum Gasteiger partial charge on any atom is 0.314 e. The SMILES string of the molecule is Cc1ccc(C(CNC(=O)NCCCN2CCOCC2)N2CCOCC2)o1. The Bertz CT molecular complexity index is 568. The summed E-state index contributed by atoms with van der Waals surface area (Å²) in [4.78, 5) is 16.9. The fourth-order valence-corrected chi connectivity index (χ4v) is 3.51. The molecule has 2 saturated heterocycles. The van der Waals surface area contributed by atoms with Gasteiger partial charge >= 0.3 is 6.03 Å². The van der Waals surface area contributed by atoms with Crippen LogP contribution in [0.4, 0.5) is 4.79 Å². The third-order valence-corrected chi connectivity index (χ3v) is 5.07. The van der Waals surface area contributed by atoms with E-state index in [-0.39, 0.29) is 12.1 Å². The van der Waals surface area contributed by atoms with Crippen molar-refractivity contribution in [1.29, 1.82) is 0 Å². The average Bonchev–Trinajstić information content (AvgIpc) is 3.13. The number of urea groups is 1. The highest BCUT2D eigenvalue weighted by Gasteiger charge is 2.25. The molecule has 1 aromatic heterocycles. The van der Waals surface area contributed by atoms with E-state index >= 15 is 0 Å². The minimum absolute atomic E-state index is 0.0294. The molecule has 0 saturated carbocycles. The molecule has 0 bridgehead atoms. The molecule has 0 aliphatic carbocycles. The highest BCUT2D eigenvalue weighted by molar-refractivity contribution is 5.73. The molecule has 3 heterocycles. The smallest absolute Gasteiger partial charge is 0.314 e. The first-order chi connectivity index (χ1) is 13.2. The van der Waals surface area contributed by atoms with E-state index < -0.39 is 0 Å². The van der Waals surface area contributed by atoms with Gasteiger partial charge in [-0.05, 0) is 32.0 Å². The summed E-state index contributed by atoms with van der Waals surface area (Å²) >= 11 is 0. The first kappa shape index (κ1) is 20.1. The quantitative estimate of drug-likeness (QED) is 0.655. The maximum atomic E-state index is 12.2. The summed E-state index contributed by atoms with van der Waals surface area (Å²) < 4.78 is 16.6. The number of carbonyl (C=O) groups excluding carboxylic acids is 1. The number of aryl methyl sites for hydroxylation is 1. The van der Waals surface area contributed by atoms with Crippen LogP contribution in [0.15, 0.2) is 16.5 Å². The lowest BCUT2D eigenvalue weighted by molar-refractivity contribution is 0.0121. The molecule has 2 fully saturated rings. The van der Waals surface area contributed by atoms with E-state index in [1.807, 2.05) is 19.1 Å². The van der Waals surface area contributed by atoms with Gasteiger partial charge in [-0.2, -0.15) is 0 Å². The van der Waals surface area contributed by atoms with Crippen molar-refractivity contribution in [3.8, 4) is 0 Å². The molecule has 1 unspecified atom stereocenters. The maximum absolute atomic E-state index is 12.2. The van der Waals surface area contributed by atoms with Gasteiger partial charge < -0.3 is 24.5 Å². The summed E-state index contributed by atoms with van der Waals surface area (Å²) in [5.74, 6) is 1.78. The summed E-state index contributed by atoms with van der Waals surface area (Å²) in [5, 5.41) is 5.96. The zero-order chi connectivity index (χ0) is 18.9. The largest absolute Gasteiger partial charge is 0.465 e. The van der Waals surface area contributed by atoms with Crippen LogP contribution in [0.5, 0.6) is 0 Å². The first-order valence-corrected chi connectivity index (χ1v) is 9.92. The third-order valence-electron chi connectivity index (χ3n) is 5.07. The van der Waals surface area contributed by atoms with E-state index in [9.17, 15) is 4.79 Å². The molecule has 152 valence electrons. The molecule has 0 spiro atoms. The number of nitrogens with zero attached hydrogens (tertiary/aromatic N) is 2. The summed E-state index contributed by atoms with van der Waals surface area (Å²) in [7, 11) is 0. The first-order valence-electron chi connectivity index (χ1n) is 9.92. The highest BCUT2D eigenvalue weighted by Crippen LogP contribution is 2.23. The molecular formula is C19H32N4O4. The van der Waals surface area contributed by atoms with Gasteiger partial charge in [-0.3, -0.25) is 9.80 Å². The Morgan fingerprint density at radius 1 is 1.07 bits per heavy atom. The molecule has 2 aliphatic rings. The molecular weight excluding hydrogens is 348 g/mol. The van der Waals surface area contributed by atoms with Crippen LogP contribution in [-0.2, 0) is 9.47 Å². The molecule has 8 heteroatoms. The highest BCUT2D eigenvalue weighted by atomic mass is 16.5. The Morgan fingerprint density at radius 3 is 2.44 bits per heavy atom. The van der Waals surface area contributed by atoms with E-state index in [1.54, 1.807) is 0 Å². The fourth-order valence-electron chi connectivity index (χ4n) is 3.51. The molecule has 8 nitrogen and oxygen atoms in total. The van der Waals surface area contributed by atoms with Gasteiger partial charge in [-0.15, -0.1) is 0 Å². The van der Waals surface area contributed by atoms with Gasteiger partial charge in [0.2, 0.25) is 0 Å². The van der Waals surface area contributed by atoms with Gasteiger partial charge in [0.15, 0.2) is 0 Å². The van der Waals surface area contributed by atoms with Crippen LogP contribution in [0.25, 0.3) is 0 Å². The molecule has 2 amide bonds. The van der Waals surface area contributed by atoms with E-state index in [2.05, 4.69) is 20.4 Å². The van der Waals surface area contributed by atoms with Crippen LogP contribution in [-0.4, -0.2) is 88.1 Å². The Labute approximate surface area is 161 Å². The van der Waals surface area contributed by atoms with Crippen LogP contribution in [0.1, 0.15) is 24.0 Å². The predicted molar refractivity (Wildman–Crippen MR) is 102 cm³/mol. The second kappa shape index (κ2) is 10.7. The summed E-state index contributed by atoms with van der Waals surface area (Å²) in [6, 6.07) is 3.87. The molecule has 1 atom stereocenters. The number of furan rings is 1. The van der Waals surface area contributed by atoms with Crippen LogP contribution in [0.3, 0.4) is 0 Å². The predicted octanol–water partition coefficient (Wildman–Crippen LogP) is 0.983. The van der Waals surface area contributed by atoms with Gasteiger partial charge in [0.25, 0.3) is 0 Å². The number of ether oxygens (including phenoxy) is 2. The lowest BCUT2D eigenvalue weighted by Crippen LogP contribution is -2.46. The van der Waals surface area contributed by atoms with Crippen molar-refractivity contribution in [3.05, 3.63) is 23.7 Å². The lowest BCUT2D eigenvalue weighted by atomic mass is 10.1. The van der Waals surface area contributed by atoms with Gasteiger partial charge in [-0.25, -0.2) is 4.79 Å². The van der Waals surface area contributed by atoms with Crippen molar-refractivity contribution in [1.82, 2.24) is 20.4 Å². The zero-order valence-electron chi connectivity index (χ0n) is 16.2. The number of rotatable bonds is 8. The molecule has 3 rings (SSSR count). The molecule has 2 N–H and O–H groups in total. The summed E-state index contributed by atoms with van der Waals surface area (Å²) in [6.07, 6.45) is 0.942. The number of carbonyl (C=O) groups is 1. The Morgan fingerprint density at radius 2 is 1.78 bits per heavy atom. The standard InChI is InChI=1S/C19H32N4O4/c1-16-3-4-18(27-16)17(23-9-13-26-14-10-23)15-21-19(24)20-5-2-6-22-7-11-25-12-8-22/h3-4,17H,2,5-15H2,1H3,(H2,20,21,24). The molecule has 0 aromatic carbocycles. The Kier molecular flexibility index (Phi) is 7.94. The molecule has 27 heavy (non-hydrogen) atoms. The number of amides is 2. The van der Waals surface area contributed by atoms with Crippen molar-refractivity contribution in [3.63, 3.8) is 0 Å².